The van der Waals surface area contributed by atoms with E-state index in [-0.39, 0.29) is 36.5 Å². The molecule has 1 amide bonds. The normalized spacial score (nSPS) is 16.6. The number of carbonyl (C=O) groups is 2. The molecule has 9 nitrogen and oxygen atoms in total. The molecule has 182 valence electrons. The van der Waals surface area contributed by atoms with E-state index < -0.39 is 5.60 Å². The zero-order valence-electron chi connectivity index (χ0n) is 19.8. The molecule has 1 spiro atoms. The number of H-pyrrole nitrogens is 1. The first kappa shape index (κ1) is 22.9. The zero-order valence-corrected chi connectivity index (χ0v) is 19.8. The Morgan fingerprint density at radius 3 is 2.66 bits per heavy atom. The largest absolute Gasteiger partial charge is 0.496 e. The number of piperidine rings is 1. The summed E-state index contributed by atoms with van der Waals surface area (Å²) in [5.74, 6) is 1.37. The van der Waals surface area contributed by atoms with Crippen molar-refractivity contribution in [3.05, 3.63) is 58.0 Å². The number of rotatable bonds is 5. The van der Waals surface area contributed by atoms with Crippen molar-refractivity contribution in [1.29, 1.82) is 0 Å². The van der Waals surface area contributed by atoms with E-state index in [0.717, 1.165) is 0 Å². The van der Waals surface area contributed by atoms with Crippen LogP contribution in [0.2, 0.25) is 0 Å². The number of nitrogens with zero attached hydrogens (tertiary/aromatic N) is 2. The summed E-state index contributed by atoms with van der Waals surface area (Å²) >= 11 is 0. The van der Waals surface area contributed by atoms with Gasteiger partial charge in [0.05, 0.1) is 31.7 Å². The average Bonchev–Trinajstić information content (AvgIpc) is 2.86. The van der Waals surface area contributed by atoms with E-state index in [2.05, 4.69) is 9.97 Å². The van der Waals surface area contributed by atoms with Crippen LogP contribution in [0.25, 0.3) is 11.0 Å². The third-order valence-electron chi connectivity index (χ3n) is 6.86. The van der Waals surface area contributed by atoms with Gasteiger partial charge in [0.15, 0.2) is 5.78 Å². The predicted molar refractivity (Wildman–Crippen MR) is 128 cm³/mol. The fourth-order valence-corrected chi connectivity index (χ4v) is 4.91. The number of aromatic amines is 1. The molecule has 2 aliphatic rings. The summed E-state index contributed by atoms with van der Waals surface area (Å²) < 4.78 is 17.1. The second kappa shape index (κ2) is 9.05. The van der Waals surface area contributed by atoms with Crippen molar-refractivity contribution in [3.8, 4) is 17.2 Å². The number of para-hydroxylation sites is 2. The molecule has 0 aliphatic carbocycles. The van der Waals surface area contributed by atoms with Crippen LogP contribution in [0.3, 0.4) is 0 Å². The van der Waals surface area contributed by atoms with Crippen molar-refractivity contribution in [1.82, 2.24) is 14.9 Å². The number of carbonyl (C=O) groups excluding carboxylic acids is 2. The molecule has 0 unspecified atom stereocenters. The molecule has 0 radical (unpaired) electrons. The molecular formula is C26H27N3O6. The quantitative estimate of drug-likeness (QED) is 0.602. The Bertz CT molecular complexity index is 1360. The van der Waals surface area contributed by atoms with E-state index in [1.165, 1.54) is 7.11 Å². The third kappa shape index (κ3) is 4.34. The van der Waals surface area contributed by atoms with Gasteiger partial charge in [0, 0.05) is 50.9 Å². The van der Waals surface area contributed by atoms with Crippen LogP contribution in [0, 0.1) is 0 Å². The number of ketones is 1. The highest BCUT2D eigenvalue weighted by Gasteiger charge is 2.44. The van der Waals surface area contributed by atoms with Gasteiger partial charge in [-0.2, -0.15) is 0 Å². The number of ether oxygens (including phenoxy) is 3. The molecule has 1 fully saturated rings. The van der Waals surface area contributed by atoms with Gasteiger partial charge < -0.3 is 24.1 Å². The van der Waals surface area contributed by atoms with Crippen LogP contribution in [0.15, 0.2) is 41.2 Å². The maximum absolute atomic E-state index is 13.0. The lowest BCUT2D eigenvalue weighted by Gasteiger charge is -2.44. The number of benzene rings is 2. The van der Waals surface area contributed by atoms with Crippen LogP contribution in [0.5, 0.6) is 17.2 Å². The SMILES string of the molecule is COc1cc(OC)c2c(c1)OC1(CCN(C(=O)CCc3nc4ccccc4[nH]c3=O)CC1)CC2=O. The number of hydrogen-bond donors (Lipinski definition) is 1. The Kier molecular flexibility index (Phi) is 5.92. The lowest BCUT2D eigenvalue weighted by molar-refractivity contribution is -0.134. The predicted octanol–water partition coefficient (Wildman–Crippen LogP) is 2.90. The Labute approximate surface area is 202 Å². The van der Waals surface area contributed by atoms with Gasteiger partial charge in [0.2, 0.25) is 5.91 Å². The molecule has 5 rings (SSSR count). The van der Waals surface area contributed by atoms with E-state index in [1.807, 2.05) is 18.2 Å². The summed E-state index contributed by atoms with van der Waals surface area (Å²) in [4.78, 5) is 47.3. The van der Waals surface area contributed by atoms with E-state index in [1.54, 1.807) is 30.2 Å². The smallest absolute Gasteiger partial charge is 0.270 e. The molecular weight excluding hydrogens is 450 g/mol. The number of aromatic nitrogens is 2. The first-order valence-electron chi connectivity index (χ1n) is 11.7. The molecule has 3 aromatic rings. The average molecular weight is 478 g/mol. The van der Waals surface area contributed by atoms with Crippen LogP contribution in [-0.4, -0.2) is 59.5 Å². The topological polar surface area (TPSA) is 111 Å². The minimum Gasteiger partial charge on any atom is -0.496 e. The highest BCUT2D eigenvalue weighted by molar-refractivity contribution is 6.03. The molecule has 35 heavy (non-hydrogen) atoms. The van der Waals surface area contributed by atoms with Crippen LogP contribution in [0.4, 0.5) is 0 Å². The lowest BCUT2D eigenvalue weighted by Crippen LogP contribution is -2.52. The first-order chi connectivity index (χ1) is 16.9. The molecule has 1 aromatic heterocycles. The summed E-state index contributed by atoms with van der Waals surface area (Å²) in [5.41, 5.74) is 1.23. The van der Waals surface area contributed by atoms with Crippen molar-refractivity contribution in [2.75, 3.05) is 27.3 Å². The summed E-state index contributed by atoms with van der Waals surface area (Å²) in [6.07, 6.45) is 1.78. The Morgan fingerprint density at radius 2 is 1.91 bits per heavy atom. The van der Waals surface area contributed by atoms with Crippen LogP contribution in [-0.2, 0) is 11.2 Å². The number of likely N-dealkylation sites (tertiary alicyclic amines) is 1. The van der Waals surface area contributed by atoms with E-state index in [4.69, 9.17) is 14.2 Å². The van der Waals surface area contributed by atoms with Gasteiger partial charge in [-0.25, -0.2) is 4.98 Å². The fraction of sp³-hybridized carbons (Fsp3) is 0.385. The number of aryl methyl sites for hydroxylation is 1. The summed E-state index contributed by atoms with van der Waals surface area (Å²) in [7, 11) is 3.06. The fourth-order valence-electron chi connectivity index (χ4n) is 4.91. The molecule has 0 atom stereocenters. The minimum atomic E-state index is -0.657. The number of hydrogen-bond acceptors (Lipinski definition) is 7. The Balaban J connectivity index is 1.24. The maximum atomic E-state index is 13.0. The molecule has 2 aliphatic heterocycles. The van der Waals surface area contributed by atoms with Crippen LogP contribution < -0.4 is 19.8 Å². The molecule has 0 saturated carbocycles. The molecule has 9 heteroatoms. The van der Waals surface area contributed by atoms with Gasteiger partial charge in [-0.05, 0) is 12.1 Å². The van der Waals surface area contributed by atoms with Gasteiger partial charge in [-0.3, -0.25) is 14.4 Å². The first-order valence-corrected chi connectivity index (χ1v) is 11.7. The lowest BCUT2D eigenvalue weighted by atomic mass is 9.82. The molecule has 3 heterocycles. The van der Waals surface area contributed by atoms with E-state index >= 15 is 0 Å². The van der Waals surface area contributed by atoms with Gasteiger partial charge in [-0.15, -0.1) is 0 Å². The number of fused-ring (bicyclic) bond motifs is 2. The van der Waals surface area contributed by atoms with E-state index in [9.17, 15) is 14.4 Å². The second-order valence-electron chi connectivity index (χ2n) is 9.00. The van der Waals surface area contributed by atoms with Crippen LogP contribution >= 0.6 is 0 Å². The maximum Gasteiger partial charge on any atom is 0.270 e. The summed E-state index contributed by atoms with van der Waals surface area (Å²) in [6.45, 7) is 0.952. The number of nitrogens with one attached hydrogen (secondary N) is 1. The minimum absolute atomic E-state index is 0.0351. The van der Waals surface area contributed by atoms with Gasteiger partial charge in [-0.1, -0.05) is 12.1 Å². The molecule has 1 saturated heterocycles. The second-order valence-corrected chi connectivity index (χ2v) is 9.00. The number of amides is 1. The third-order valence-corrected chi connectivity index (χ3v) is 6.86. The monoisotopic (exact) mass is 477 g/mol. The van der Waals surface area contributed by atoms with Gasteiger partial charge in [0.1, 0.15) is 34.1 Å². The highest BCUT2D eigenvalue weighted by atomic mass is 16.5. The number of methoxy groups -OCH3 is 2. The summed E-state index contributed by atoms with van der Waals surface area (Å²) in [6, 6.07) is 10.7. The van der Waals surface area contributed by atoms with Crippen molar-refractivity contribution in [2.45, 2.75) is 37.7 Å². The summed E-state index contributed by atoms with van der Waals surface area (Å²) in [5, 5.41) is 0. The molecule has 1 N–H and O–H groups in total. The van der Waals surface area contributed by atoms with Crippen molar-refractivity contribution in [2.24, 2.45) is 0 Å². The number of Topliss-reactive ketones (excluding diaryl/α,β-unsaturated/α-hetero) is 1. The Morgan fingerprint density at radius 1 is 1.14 bits per heavy atom. The van der Waals surface area contributed by atoms with Crippen LogP contribution in [0.1, 0.15) is 41.7 Å². The molecule has 2 aromatic carbocycles. The van der Waals surface area contributed by atoms with Crippen molar-refractivity contribution in [3.63, 3.8) is 0 Å². The standard InChI is InChI=1S/C26H27N3O6/c1-33-16-13-21(34-2)24-20(30)15-26(35-22(24)14-16)9-11-29(12-10-26)23(31)8-7-19-25(32)28-18-6-4-3-5-17(18)27-19/h3-6,13-14H,7-12,15H2,1-2H3,(H,28,32). The van der Waals surface area contributed by atoms with E-state index in [0.29, 0.717) is 65.5 Å². The van der Waals surface area contributed by atoms with Crippen molar-refractivity contribution < 1.29 is 23.8 Å². The molecule has 0 bridgehead atoms. The van der Waals surface area contributed by atoms with Crippen molar-refractivity contribution >= 4 is 22.7 Å². The zero-order chi connectivity index (χ0) is 24.6. The van der Waals surface area contributed by atoms with Gasteiger partial charge in [0.25, 0.3) is 5.56 Å². The van der Waals surface area contributed by atoms with Gasteiger partial charge >= 0.3 is 0 Å². The Hall–Kier alpha value is -3.88. The highest BCUT2D eigenvalue weighted by Crippen LogP contribution is 2.44.